The van der Waals surface area contributed by atoms with E-state index >= 15 is 0 Å². The van der Waals surface area contributed by atoms with Crippen LogP contribution in [-0.2, 0) is 6.54 Å². The summed E-state index contributed by atoms with van der Waals surface area (Å²) in [5.74, 6) is 1.75. The molecule has 0 aliphatic heterocycles. The fourth-order valence-electron chi connectivity index (χ4n) is 1.72. The quantitative estimate of drug-likeness (QED) is 0.843. The molecule has 0 saturated carbocycles. The Kier molecular flexibility index (Phi) is 4.44. The minimum Gasteiger partial charge on any atom is -0.354 e. The summed E-state index contributed by atoms with van der Waals surface area (Å²) < 4.78 is 1.81. The van der Waals surface area contributed by atoms with Gasteiger partial charge in [0.15, 0.2) is 5.82 Å². The zero-order chi connectivity index (χ0) is 14.5. The maximum absolute atomic E-state index is 4.46. The van der Waals surface area contributed by atoms with Gasteiger partial charge in [-0.15, -0.1) is 5.10 Å². The topological polar surface area (TPSA) is 84.7 Å². The number of aromatic nitrogens is 6. The number of rotatable bonds is 6. The van der Waals surface area contributed by atoms with Crippen LogP contribution in [0.1, 0.15) is 20.3 Å². The third-order valence-corrected chi connectivity index (χ3v) is 2.64. The van der Waals surface area contributed by atoms with Crippen LogP contribution < -0.4 is 10.2 Å². The molecule has 108 valence electrons. The van der Waals surface area contributed by atoms with Gasteiger partial charge in [-0.3, -0.25) is 0 Å². The van der Waals surface area contributed by atoms with E-state index in [4.69, 9.17) is 0 Å². The van der Waals surface area contributed by atoms with E-state index in [0.29, 0.717) is 17.7 Å². The van der Waals surface area contributed by atoms with Crippen molar-refractivity contribution in [1.82, 2.24) is 29.9 Å². The van der Waals surface area contributed by atoms with E-state index < -0.39 is 0 Å². The lowest BCUT2D eigenvalue weighted by atomic mass is 10.4. The number of nitrogens with zero attached hydrogens (tertiary/aromatic N) is 7. The van der Waals surface area contributed by atoms with Crippen molar-refractivity contribution in [3.05, 3.63) is 6.20 Å². The van der Waals surface area contributed by atoms with Gasteiger partial charge in [0.05, 0.1) is 6.20 Å². The van der Waals surface area contributed by atoms with Gasteiger partial charge in [-0.1, -0.05) is 12.1 Å². The normalized spacial score (nSPS) is 10.6. The van der Waals surface area contributed by atoms with Crippen LogP contribution in [0.3, 0.4) is 0 Å². The van der Waals surface area contributed by atoms with Gasteiger partial charge in [0.2, 0.25) is 11.9 Å². The van der Waals surface area contributed by atoms with Crippen molar-refractivity contribution < 1.29 is 0 Å². The second-order valence-corrected chi connectivity index (χ2v) is 4.55. The highest BCUT2D eigenvalue weighted by Crippen LogP contribution is 2.18. The van der Waals surface area contributed by atoms with Gasteiger partial charge in [-0.25, -0.2) is 4.68 Å². The standard InChI is InChI=1S/C12H20N8/c1-5-7-20-9(8-14-18-20)10-15-11(13-6-2)17-12(16-10)19(3)4/h8H,5-7H2,1-4H3,(H,13,15,16,17). The van der Waals surface area contributed by atoms with E-state index in [1.165, 1.54) is 0 Å². The molecule has 0 unspecified atom stereocenters. The average Bonchev–Trinajstić information content (AvgIpc) is 2.87. The van der Waals surface area contributed by atoms with Crippen molar-refractivity contribution >= 4 is 11.9 Å². The van der Waals surface area contributed by atoms with Crippen LogP contribution in [0.15, 0.2) is 6.20 Å². The molecule has 0 bridgehead atoms. The predicted octanol–water partition coefficient (Wildman–Crippen LogP) is 1.04. The van der Waals surface area contributed by atoms with Crippen LogP contribution in [0.2, 0.25) is 0 Å². The molecule has 0 aromatic carbocycles. The van der Waals surface area contributed by atoms with Crippen molar-refractivity contribution in [3.8, 4) is 11.5 Å². The molecule has 0 spiro atoms. The molecular formula is C12H20N8. The molecule has 0 fully saturated rings. The Morgan fingerprint density at radius 3 is 2.65 bits per heavy atom. The lowest BCUT2D eigenvalue weighted by Gasteiger charge is -2.13. The molecule has 0 aliphatic carbocycles. The summed E-state index contributed by atoms with van der Waals surface area (Å²) in [6, 6.07) is 0. The molecule has 2 aromatic rings. The molecule has 20 heavy (non-hydrogen) atoms. The summed E-state index contributed by atoms with van der Waals surface area (Å²) in [5, 5.41) is 11.1. The van der Waals surface area contributed by atoms with E-state index in [1.807, 2.05) is 30.6 Å². The Labute approximate surface area is 118 Å². The zero-order valence-electron chi connectivity index (χ0n) is 12.3. The lowest BCUT2D eigenvalue weighted by Crippen LogP contribution is -2.16. The summed E-state index contributed by atoms with van der Waals surface area (Å²) >= 11 is 0. The van der Waals surface area contributed by atoms with Gasteiger partial charge in [0.25, 0.3) is 0 Å². The number of aryl methyl sites for hydroxylation is 1. The van der Waals surface area contributed by atoms with E-state index in [2.05, 4.69) is 37.5 Å². The van der Waals surface area contributed by atoms with Crippen LogP contribution in [0.5, 0.6) is 0 Å². The second-order valence-electron chi connectivity index (χ2n) is 4.55. The van der Waals surface area contributed by atoms with Crippen LogP contribution in [0.4, 0.5) is 11.9 Å². The first-order valence-electron chi connectivity index (χ1n) is 6.71. The fraction of sp³-hybridized carbons (Fsp3) is 0.583. The third-order valence-electron chi connectivity index (χ3n) is 2.64. The van der Waals surface area contributed by atoms with Crippen molar-refractivity contribution in [3.63, 3.8) is 0 Å². The average molecular weight is 276 g/mol. The molecule has 2 aromatic heterocycles. The summed E-state index contributed by atoms with van der Waals surface area (Å²) in [6.45, 7) is 5.63. The van der Waals surface area contributed by atoms with E-state index in [1.54, 1.807) is 6.20 Å². The highest BCUT2D eigenvalue weighted by Gasteiger charge is 2.14. The van der Waals surface area contributed by atoms with E-state index in [-0.39, 0.29) is 0 Å². The van der Waals surface area contributed by atoms with Gasteiger partial charge < -0.3 is 10.2 Å². The summed E-state index contributed by atoms with van der Waals surface area (Å²) in [5.41, 5.74) is 0.802. The monoisotopic (exact) mass is 276 g/mol. The van der Waals surface area contributed by atoms with E-state index in [9.17, 15) is 0 Å². The Morgan fingerprint density at radius 1 is 1.20 bits per heavy atom. The number of hydrogen-bond donors (Lipinski definition) is 1. The first-order valence-corrected chi connectivity index (χ1v) is 6.71. The molecule has 0 radical (unpaired) electrons. The van der Waals surface area contributed by atoms with Crippen LogP contribution in [0, 0.1) is 0 Å². The minimum absolute atomic E-state index is 0.561. The Hall–Kier alpha value is -2.25. The molecule has 0 amide bonds. The first kappa shape index (κ1) is 14.2. The number of hydrogen-bond acceptors (Lipinski definition) is 7. The SMILES string of the molecule is CCCn1nncc1-c1nc(NCC)nc(N(C)C)n1. The zero-order valence-corrected chi connectivity index (χ0v) is 12.3. The molecule has 2 heterocycles. The first-order chi connectivity index (χ1) is 9.65. The van der Waals surface area contributed by atoms with Crippen molar-refractivity contribution in [2.24, 2.45) is 0 Å². The molecule has 0 atom stereocenters. The van der Waals surface area contributed by atoms with Gasteiger partial charge in [0.1, 0.15) is 5.69 Å². The van der Waals surface area contributed by atoms with Gasteiger partial charge in [-0.2, -0.15) is 15.0 Å². The highest BCUT2D eigenvalue weighted by molar-refractivity contribution is 5.53. The summed E-state index contributed by atoms with van der Waals surface area (Å²) in [6.07, 6.45) is 2.65. The molecule has 2 rings (SSSR count). The highest BCUT2D eigenvalue weighted by atomic mass is 15.4. The van der Waals surface area contributed by atoms with Crippen LogP contribution in [-0.4, -0.2) is 50.6 Å². The van der Waals surface area contributed by atoms with Crippen molar-refractivity contribution in [1.29, 1.82) is 0 Å². The molecular weight excluding hydrogens is 256 g/mol. The van der Waals surface area contributed by atoms with Crippen LogP contribution >= 0.6 is 0 Å². The summed E-state index contributed by atoms with van der Waals surface area (Å²) in [4.78, 5) is 15.1. The lowest BCUT2D eigenvalue weighted by molar-refractivity contribution is 0.582. The smallest absolute Gasteiger partial charge is 0.230 e. The summed E-state index contributed by atoms with van der Waals surface area (Å²) in [7, 11) is 3.80. The Bertz CT molecular complexity index is 562. The van der Waals surface area contributed by atoms with Gasteiger partial charge in [0, 0.05) is 27.2 Å². The Morgan fingerprint density at radius 2 is 2.00 bits per heavy atom. The molecule has 0 saturated heterocycles. The maximum atomic E-state index is 4.46. The maximum Gasteiger partial charge on any atom is 0.230 e. The number of nitrogens with one attached hydrogen (secondary N) is 1. The third kappa shape index (κ3) is 3.01. The molecule has 8 nitrogen and oxygen atoms in total. The molecule has 1 N–H and O–H groups in total. The molecule has 0 aliphatic rings. The minimum atomic E-state index is 0.561. The predicted molar refractivity (Wildman–Crippen MR) is 77.6 cm³/mol. The van der Waals surface area contributed by atoms with Gasteiger partial charge in [-0.05, 0) is 13.3 Å². The van der Waals surface area contributed by atoms with Crippen molar-refractivity contribution in [2.75, 3.05) is 30.9 Å². The van der Waals surface area contributed by atoms with Crippen molar-refractivity contribution in [2.45, 2.75) is 26.8 Å². The number of anilines is 2. The largest absolute Gasteiger partial charge is 0.354 e. The van der Waals surface area contributed by atoms with Crippen LogP contribution in [0.25, 0.3) is 11.5 Å². The fourth-order valence-corrected chi connectivity index (χ4v) is 1.72. The van der Waals surface area contributed by atoms with Gasteiger partial charge >= 0.3 is 0 Å². The Balaban J connectivity index is 2.46. The molecule has 8 heteroatoms. The van der Waals surface area contributed by atoms with E-state index in [0.717, 1.165) is 25.2 Å². The second kappa shape index (κ2) is 6.27.